The van der Waals surface area contributed by atoms with Crippen LogP contribution in [0.4, 0.5) is 11.8 Å². The van der Waals surface area contributed by atoms with Crippen molar-refractivity contribution in [3.63, 3.8) is 0 Å². The molecule has 120 valence electrons. The van der Waals surface area contributed by atoms with Crippen molar-refractivity contribution in [2.24, 2.45) is 0 Å². The SMILES string of the molecule is c1cnc(NC2CCN(c3cc4c(nn3)CCCC4)CC2)nc1. The molecule has 0 spiro atoms. The minimum absolute atomic E-state index is 0.430. The first-order valence-electron chi connectivity index (χ1n) is 8.52. The highest BCUT2D eigenvalue weighted by atomic mass is 15.3. The lowest BCUT2D eigenvalue weighted by Gasteiger charge is -2.33. The van der Waals surface area contributed by atoms with Crippen LogP contribution in [-0.2, 0) is 12.8 Å². The van der Waals surface area contributed by atoms with Gasteiger partial charge in [-0.25, -0.2) is 9.97 Å². The average molecular weight is 310 g/mol. The molecule has 0 atom stereocenters. The molecule has 6 heteroatoms. The Balaban J connectivity index is 1.38. The van der Waals surface area contributed by atoms with Gasteiger partial charge in [-0.05, 0) is 56.2 Å². The third-order valence-corrected chi connectivity index (χ3v) is 4.77. The molecule has 6 nitrogen and oxygen atoms in total. The van der Waals surface area contributed by atoms with E-state index in [4.69, 9.17) is 0 Å². The van der Waals surface area contributed by atoms with Gasteiger partial charge in [-0.3, -0.25) is 0 Å². The maximum atomic E-state index is 4.46. The summed E-state index contributed by atoms with van der Waals surface area (Å²) in [5.41, 5.74) is 2.61. The predicted octanol–water partition coefficient (Wildman–Crippen LogP) is 2.23. The van der Waals surface area contributed by atoms with Crippen LogP contribution in [0, 0.1) is 0 Å². The van der Waals surface area contributed by atoms with E-state index in [0.29, 0.717) is 6.04 Å². The average Bonchev–Trinajstić information content (AvgIpc) is 2.63. The smallest absolute Gasteiger partial charge is 0.222 e. The van der Waals surface area contributed by atoms with Gasteiger partial charge in [0.25, 0.3) is 0 Å². The van der Waals surface area contributed by atoms with Gasteiger partial charge in [0.1, 0.15) is 0 Å². The van der Waals surface area contributed by atoms with Crippen LogP contribution in [0.5, 0.6) is 0 Å². The molecule has 0 amide bonds. The Hall–Kier alpha value is -2.24. The van der Waals surface area contributed by atoms with Crippen molar-refractivity contribution in [2.75, 3.05) is 23.3 Å². The zero-order valence-electron chi connectivity index (χ0n) is 13.3. The monoisotopic (exact) mass is 310 g/mol. The van der Waals surface area contributed by atoms with Gasteiger partial charge in [0.15, 0.2) is 5.82 Å². The second-order valence-electron chi connectivity index (χ2n) is 6.36. The van der Waals surface area contributed by atoms with Crippen LogP contribution in [0.25, 0.3) is 0 Å². The third kappa shape index (κ3) is 3.25. The number of anilines is 2. The number of piperidine rings is 1. The largest absolute Gasteiger partial charge is 0.355 e. The van der Waals surface area contributed by atoms with Gasteiger partial charge in [-0.2, -0.15) is 5.10 Å². The predicted molar refractivity (Wildman–Crippen MR) is 89.6 cm³/mol. The van der Waals surface area contributed by atoms with Crippen molar-refractivity contribution in [3.05, 3.63) is 35.8 Å². The van der Waals surface area contributed by atoms with E-state index in [-0.39, 0.29) is 0 Å². The quantitative estimate of drug-likeness (QED) is 0.937. The summed E-state index contributed by atoms with van der Waals surface area (Å²) in [5, 5.41) is 12.3. The Labute approximate surface area is 136 Å². The van der Waals surface area contributed by atoms with E-state index in [1.54, 1.807) is 12.4 Å². The van der Waals surface area contributed by atoms with Crippen molar-refractivity contribution < 1.29 is 0 Å². The van der Waals surface area contributed by atoms with Gasteiger partial charge in [-0.1, -0.05) is 0 Å². The maximum Gasteiger partial charge on any atom is 0.222 e. The summed E-state index contributed by atoms with van der Waals surface area (Å²) in [6.45, 7) is 2.00. The van der Waals surface area contributed by atoms with E-state index in [9.17, 15) is 0 Å². The molecule has 1 saturated heterocycles. The summed E-state index contributed by atoms with van der Waals surface area (Å²) in [6.07, 6.45) is 10.4. The summed E-state index contributed by atoms with van der Waals surface area (Å²) >= 11 is 0. The standard InChI is InChI=1S/C17H22N6/c1-2-5-15-13(4-1)12-16(22-21-15)23-10-6-14(7-11-23)20-17-18-8-3-9-19-17/h3,8-9,12,14H,1-2,4-7,10-11H2,(H,18,19,20). The number of aromatic nitrogens is 4. The molecule has 2 aromatic rings. The molecule has 1 aliphatic heterocycles. The van der Waals surface area contributed by atoms with E-state index in [2.05, 4.69) is 36.4 Å². The van der Waals surface area contributed by atoms with Crippen LogP contribution in [0.3, 0.4) is 0 Å². The van der Waals surface area contributed by atoms with Crippen molar-refractivity contribution in [3.8, 4) is 0 Å². The summed E-state index contributed by atoms with van der Waals surface area (Å²) in [7, 11) is 0. The lowest BCUT2D eigenvalue weighted by molar-refractivity contribution is 0.518. The molecule has 0 radical (unpaired) electrons. The number of fused-ring (bicyclic) bond motifs is 1. The molecule has 1 fully saturated rings. The maximum absolute atomic E-state index is 4.46. The van der Waals surface area contributed by atoms with Gasteiger partial charge in [0.2, 0.25) is 5.95 Å². The second-order valence-corrected chi connectivity index (χ2v) is 6.36. The lowest BCUT2D eigenvalue weighted by atomic mass is 9.96. The highest BCUT2D eigenvalue weighted by Gasteiger charge is 2.22. The van der Waals surface area contributed by atoms with Gasteiger partial charge in [-0.15, -0.1) is 5.10 Å². The van der Waals surface area contributed by atoms with Crippen molar-refractivity contribution >= 4 is 11.8 Å². The Kier molecular flexibility index (Phi) is 4.05. The number of nitrogens with one attached hydrogen (secondary N) is 1. The zero-order valence-corrected chi connectivity index (χ0v) is 13.3. The summed E-state index contributed by atoms with van der Waals surface area (Å²) in [5.74, 6) is 1.76. The number of aryl methyl sites for hydroxylation is 2. The molecular formula is C17H22N6. The summed E-state index contributed by atoms with van der Waals surface area (Å²) < 4.78 is 0. The first-order valence-corrected chi connectivity index (χ1v) is 8.52. The van der Waals surface area contributed by atoms with Crippen molar-refractivity contribution in [1.29, 1.82) is 0 Å². The topological polar surface area (TPSA) is 66.8 Å². The fourth-order valence-electron chi connectivity index (χ4n) is 3.44. The van der Waals surface area contributed by atoms with Gasteiger partial charge in [0, 0.05) is 31.5 Å². The fraction of sp³-hybridized carbons (Fsp3) is 0.529. The van der Waals surface area contributed by atoms with Crippen LogP contribution in [0.15, 0.2) is 24.5 Å². The van der Waals surface area contributed by atoms with Gasteiger partial charge < -0.3 is 10.2 Å². The van der Waals surface area contributed by atoms with Gasteiger partial charge in [0.05, 0.1) is 5.69 Å². The van der Waals surface area contributed by atoms with Crippen molar-refractivity contribution in [1.82, 2.24) is 20.2 Å². The zero-order chi connectivity index (χ0) is 15.5. The van der Waals surface area contributed by atoms with E-state index >= 15 is 0 Å². The Bertz CT molecular complexity index is 651. The van der Waals surface area contributed by atoms with E-state index in [1.165, 1.54) is 24.1 Å². The number of hydrogen-bond acceptors (Lipinski definition) is 6. The molecule has 4 rings (SSSR count). The molecule has 3 heterocycles. The van der Waals surface area contributed by atoms with E-state index in [0.717, 1.165) is 50.5 Å². The van der Waals surface area contributed by atoms with Crippen LogP contribution in [-0.4, -0.2) is 39.3 Å². The third-order valence-electron chi connectivity index (χ3n) is 4.77. The van der Waals surface area contributed by atoms with Crippen molar-refractivity contribution in [2.45, 2.75) is 44.6 Å². The number of nitrogens with zero attached hydrogens (tertiary/aromatic N) is 5. The van der Waals surface area contributed by atoms with E-state index in [1.807, 2.05) is 6.07 Å². The molecular weight excluding hydrogens is 288 g/mol. The molecule has 0 aromatic carbocycles. The molecule has 1 aliphatic carbocycles. The second kappa shape index (κ2) is 6.48. The highest BCUT2D eigenvalue weighted by Crippen LogP contribution is 2.24. The van der Waals surface area contributed by atoms with Crippen LogP contribution < -0.4 is 10.2 Å². The molecule has 2 aromatic heterocycles. The fourth-order valence-corrected chi connectivity index (χ4v) is 3.44. The molecule has 0 unspecified atom stereocenters. The lowest BCUT2D eigenvalue weighted by Crippen LogP contribution is -2.40. The molecule has 0 bridgehead atoms. The first kappa shape index (κ1) is 14.4. The number of rotatable bonds is 3. The van der Waals surface area contributed by atoms with Crippen LogP contribution in [0.1, 0.15) is 36.9 Å². The Morgan fingerprint density at radius 1 is 1.00 bits per heavy atom. The summed E-state index contributed by atoms with van der Waals surface area (Å²) in [4.78, 5) is 10.8. The Morgan fingerprint density at radius 2 is 1.78 bits per heavy atom. The minimum Gasteiger partial charge on any atom is -0.355 e. The Morgan fingerprint density at radius 3 is 2.61 bits per heavy atom. The van der Waals surface area contributed by atoms with E-state index < -0.39 is 0 Å². The number of hydrogen-bond donors (Lipinski definition) is 1. The first-order chi connectivity index (χ1) is 11.4. The molecule has 23 heavy (non-hydrogen) atoms. The van der Waals surface area contributed by atoms with Gasteiger partial charge >= 0.3 is 0 Å². The van der Waals surface area contributed by atoms with Crippen LogP contribution >= 0.6 is 0 Å². The molecule has 0 saturated carbocycles. The van der Waals surface area contributed by atoms with Crippen LogP contribution in [0.2, 0.25) is 0 Å². The normalized spacial score (nSPS) is 18.5. The minimum atomic E-state index is 0.430. The highest BCUT2D eigenvalue weighted by molar-refractivity contribution is 5.43. The molecule has 2 aliphatic rings. The summed E-state index contributed by atoms with van der Waals surface area (Å²) in [6, 6.07) is 4.53. The molecule has 1 N–H and O–H groups in total.